The number of morpholine rings is 1. The van der Waals surface area contributed by atoms with Crippen molar-refractivity contribution < 1.29 is 9.13 Å². The molecule has 1 aromatic heterocycles. The molecule has 2 atom stereocenters. The van der Waals surface area contributed by atoms with Gasteiger partial charge in [0.1, 0.15) is 5.82 Å². The molecular weight excluding hydrogens is 431 g/mol. The quantitative estimate of drug-likeness (QED) is 0.622. The largest absolute Gasteiger partial charge is 0.378 e. The predicted molar refractivity (Wildman–Crippen MR) is 132 cm³/mol. The Hall–Kier alpha value is -3.23. The summed E-state index contributed by atoms with van der Waals surface area (Å²) in [5, 5.41) is 3.17. The summed E-state index contributed by atoms with van der Waals surface area (Å²) in [4.78, 5) is 15.9. The van der Waals surface area contributed by atoms with E-state index in [9.17, 15) is 0 Å². The van der Waals surface area contributed by atoms with Crippen LogP contribution in [0, 0.1) is 5.82 Å². The van der Waals surface area contributed by atoms with Gasteiger partial charge in [0, 0.05) is 61.4 Å². The molecular formula is C26H29FN6O. The van der Waals surface area contributed by atoms with Crippen molar-refractivity contribution >= 4 is 23.0 Å². The Balaban J connectivity index is 1.16. The fourth-order valence-electron chi connectivity index (χ4n) is 5.35. The number of ether oxygens (including phenoxy) is 1. The van der Waals surface area contributed by atoms with Crippen LogP contribution in [0.4, 0.5) is 27.4 Å². The molecule has 1 N–H and O–H groups in total. The number of rotatable bonds is 5. The van der Waals surface area contributed by atoms with Gasteiger partial charge in [0.15, 0.2) is 0 Å². The van der Waals surface area contributed by atoms with Gasteiger partial charge in [-0.25, -0.2) is 14.4 Å². The van der Waals surface area contributed by atoms with E-state index < -0.39 is 0 Å². The van der Waals surface area contributed by atoms with Gasteiger partial charge in [-0.05, 0) is 49.9 Å². The van der Waals surface area contributed by atoms with Crippen molar-refractivity contribution in [1.82, 2.24) is 14.9 Å². The first-order valence-electron chi connectivity index (χ1n) is 11.9. The number of anilines is 4. The third-order valence-electron chi connectivity index (χ3n) is 7.22. The third-order valence-corrected chi connectivity index (χ3v) is 7.22. The third kappa shape index (κ3) is 4.08. The highest BCUT2D eigenvalue weighted by Crippen LogP contribution is 2.36. The molecule has 0 radical (unpaired) electrons. The molecule has 34 heavy (non-hydrogen) atoms. The van der Waals surface area contributed by atoms with Gasteiger partial charge in [0.2, 0.25) is 5.95 Å². The van der Waals surface area contributed by atoms with Gasteiger partial charge in [0.05, 0.1) is 24.6 Å². The number of aromatic nitrogens is 2. The van der Waals surface area contributed by atoms with Crippen molar-refractivity contribution in [2.75, 3.05) is 61.6 Å². The number of hydrogen-bond acceptors (Lipinski definition) is 7. The molecule has 0 saturated carbocycles. The monoisotopic (exact) mass is 460 g/mol. The van der Waals surface area contributed by atoms with E-state index in [4.69, 9.17) is 4.74 Å². The number of hydrogen-bond donors (Lipinski definition) is 1. The van der Waals surface area contributed by atoms with E-state index >= 15 is 4.39 Å². The summed E-state index contributed by atoms with van der Waals surface area (Å²) in [6.07, 6.45) is 2.84. The lowest BCUT2D eigenvalue weighted by atomic mass is 10.1. The van der Waals surface area contributed by atoms with E-state index in [0.29, 0.717) is 29.4 Å². The summed E-state index contributed by atoms with van der Waals surface area (Å²) in [5.41, 5.74) is 4.34. The summed E-state index contributed by atoms with van der Waals surface area (Å²) < 4.78 is 20.5. The number of nitrogens with one attached hydrogen (secondary N) is 1. The molecule has 7 nitrogen and oxygen atoms in total. The number of benzene rings is 2. The van der Waals surface area contributed by atoms with Crippen LogP contribution in [0.5, 0.6) is 0 Å². The number of nitrogens with zero attached hydrogens (tertiary/aromatic N) is 5. The average Bonchev–Trinajstić information content (AvgIpc) is 3.45. The number of piperazine rings is 1. The van der Waals surface area contributed by atoms with Gasteiger partial charge < -0.3 is 19.9 Å². The molecule has 8 heteroatoms. The van der Waals surface area contributed by atoms with E-state index in [2.05, 4.69) is 61.3 Å². The molecule has 4 heterocycles. The van der Waals surface area contributed by atoms with E-state index in [1.807, 2.05) is 18.2 Å². The molecule has 3 aliphatic heterocycles. The first-order valence-corrected chi connectivity index (χ1v) is 11.9. The van der Waals surface area contributed by atoms with E-state index in [1.165, 1.54) is 11.8 Å². The number of likely N-dealkylation sites (N-methyl/N-ethyl adjacent to an activating group) is 1. The van der Waals surface area contributed by atoms with Crippen molar-refractivity contribution in [2.45, 2.75) is 18.5 Å². The molecule has 0 amide bonds. The zero-order valence-corrected chi connectivity index (χ0v) is 19.3. The fraction of sp³-hybridized carbons (Fsp3) is 0.385. The first kappa shape index (κ1) is 21.3. The van der Waals surface area contributed by atoms with Crippen LogP contribution in [-0.4, -0.2) is 73.4 Å². The van der Waals surface area contributed by atoms with E-state index in [-0.39, 0.29) is 5.82 Å². The van der Waals surface area contributed by atoms with Gasteiger partial charge in [-0.3, -0.25) is 4.90 Å². The Labute approximate surface area is 199 Å². The topological polar surface area (TPSA) is 56.8 Å². The Morgan fingerprint density at radius 2 is 1.82 bits per heavy atom. The van der Waals surface area contributed by atoms with Crippen LogP contribution in [0.3, 0.4) is 0 Å². The van der Waals surface area contributed by atoms with Crippen LogP contribution in [0.2, 0.25) is 0 Å². The number of fused-ring (bicyclic) bond motifs is 2. The Morgan fingerprint density at radius 1 is 1.00 bits per heavy atom. The maximum Gasteiger partial charge on any atom is 0.227 e. The maximum absolute atomic E-state index is 15.0. The second-order valence-corrected chi connectivity index (χ2v) is 9.34. The van der Waals surface area contributed by atoms with Gasteiger partial charge in [0.25, 0.3) is 0 Å². The molecule has 0 unspecified atom stereocenters. The predicted octanol–water partition coefficient (Wildman–Crippen LogP) is 3.76. The lowest BCUT2D eigenvalue weighted by Crippen LogP contribution is -2.44. The number of halogens is 1. The molecule has 3 saturated heterocycles. The van der Waals surface area contributed by atoms with Crippen LogP contribution in [0.1, 0.15) is 6.42 Å². The van der Waals surface area contributed by atoms with E-state index in [1.54, 1.807) is 6.20 Å². The number of likely N-dealkylation sites (tertiary alicyclic amines) is 1. The van der Waals surface area contributed by atoms with Crippen LogP contribution in [0.15, 0.2) is 54.7 Å². The van der Waals surface area contributed by atoms with Gasteiger partial charge in [-0.1, -0.05) is 12.1 Å². The molecule has 2 aromatic carbocycles. The molecule has 3 fully saturated rings. The molecule has 0 aliphatic carbocycles. The molecule has 3 aromatic rings. The van der Waals surface area contributed by atoms with Crippen molar-refractivity contribution in [3.8, 4) is 11.3 Å². The van der Waals surface area contributed by atoms with Gasteiger partial charge in [-0.15, -0.1) is 0 Å². The average molecular weight is 461 g/mol. The zero-order valence-electron chi connectivity index (χ0n) is 19.3. The standard InChI is InChI=1S/C26H29FN6O/c1-31-16-22-15-21(31)17-33(22)25-7-4-19(14-23(25)27)29-26-28-9-8-24(30-26)18-2-5-20(6-3-18)32-10-12-34-13-11-32/h2-9,14,21-22H,10-13,15-17H2,1H3,(H,28,29,30)/t21-,22-/m0/s1. The van der Waals surface area contributed by atoms with Gasteiger partial charge >= 0.3 is 0 Å². The summed E-state index contributed by atoms with van der Waals surface area (Å²) in [5.74, 6) is 0.235. The maximum atomic E-state index is 15.0. The SMILES string of the molecule is CN1C[C@@H]2C[C@H]1CN2c1ccc(Nc2nccc(-c3ccc(N4CCOCC4)cc3)n2)cc1F. The van der Waals surface area contributed by atoms with E-state index in [0.717, 1.165) is 57.1 Å². The first-order chi connectivity index (χ1) is 16.6. The minimum Gasteiger partial charge on any atom is -0.378 e. The van der Waals surface area contributed by atoms with Crippen molar-refractivity contribution in [3.05, 3.63) is 60.5 Å². The van der Waals surface area contributed by atoms with Crippen LogP contribution in [-0.2, 0) is 4.74 Å². The van der Waals surface area contributed by atoms with Gasteiger partial charge in [-0.2, -0.15) is 0 Å². The molecule has 3 aliphatic rings. The Bertz CT molecular complexity index is 1160. The smallest absolute Gasteiger partial charge is 0.227 e. The molecule has 0 spiro atoms. The van der Waals surface area contributed by atoms with Crippen molar-refractivity contribution in [3.63, 3.8) is 0 Å². The van der Waals surface area contributed by atoms with Crippen LogP contribution < -0.4 is 15.1 Å². The Morgan fingerprint density at radius 3 is 2.53 bits per heavy atom. The highest BCUT2D eigenvalue weighted by Gasteiger charge is 2.42. The lowest BCUT2D eigenvalue weighted by molar-refractivity contribution is 0.122. The summed E-state index contributed by atoms with van der Waals surface area (Å²) in [6, 6.07) is 16.5. The minimum atomic E-state index is -0.213. The van der Waals surface area contributed by atoms with Crippen LogP contribution in [0.25, 0.3) is 11.3 Å². The highest BCUT2D eigenvalue weighted by atomic mass is 19.1. The summed E-state index contributed by atoms with van der Waals surface area (Å²) in [6.45, 7) is 5.23. The lowest BCUT2D eigenvalue weighted by Gasteiger charge is -2.33. The Kier molecular flexibility index (Phi) is 5.55. The molecule has 176 valence electrons. The summed E-state index contributed by atoms with van der Waals surface area (Å²) in [7, 11) is 2.15. The van der Waals surface area contributed by atoms with Crippen LogP contribution >= 0.6 is 0 Å². The normalized spacial score (nSPS) is 22.4. The summed E-state index contributed by atoms with van der Waals surface area (Å²) >= 11 is 0. The minimum absolute atomic E-state index is 0.213. The highest BCUT2D eigenvalue weighted by molar-refractivity contribution is 5.66. The van der Waals surface area contributed by atoms with Crippen molar-refractivity contribution in [1.29, 1.82) is 0 Å². The zero-order chi connectivity index (χ0) is 23.1. The molecule has 6 rings (SSSR count). The molecule has 2 bridgehead atoms. The second-order valence-electron chi connectivity index (χ2n) is 9.34. The van der Waals surface area contributed by atoms with Crippen molar-refractivity contribution in [2.24, 2.45) is 0 Å². The second kappa shape index (κ2) is 8.85. The fourth-order valence-corrected chi connectivity index (χ4v) is 5.35.